The van der Waals surface area contributed by atoms with E-state index in [4.69, 9.17) is 25.8 Å². The maximum absolute atomic E-state index is 12.1. The molecule has 0 aromatic heterocycles. The monoisotopic (exact) mass is 375 g/mol. The van der Waals surface area contributed by atoms with E-state index in [1.54, 1.807) is 19.1 Å². The Morgan fingerprint density at radius 1 is 1.12 bits per heavy atom. The topological polar surface area (TPSA) is 48.0 Å². The molecule has 1 atom stereocenters. The molecule has 3 rings (SSSR count). The van der Waals surface area contributed by atoms with E-state index >= 15 is 0 Å². The van der Waals surface area contributed by atoms with Gasteiger partial charge in [0.2, 0.25) is 0 Å². The normalized spacial score (nSPS) is 16.0. The van der Waals surface area contributed by atoms with Crippen molar-refractivity contribution in [2.24, 2.45) is 0 Å². The van der Waals surface area contributed by atoms with E-state index < -0.39 is 5.37 Å². The number of benzene rings is 2. The number of nitrogens with zero attached hydrogens (tertiary/aromatic N) is 1. The third kappa shape index (κ3) is 3.31. The Balaban J connectivity index is 2.20. The molecular weight excluding hydrogens is 354 g/mol. The number of hydrogen-bond acceptors (Lipinski definition) is 4. The molecule has 26 heavy (non-hydrogen) atoms. The molecule has 0 N–H and O–H groups in total. The first-order chi connectivity index (χ1) is 12.6. The number of carbonyl (C=O) groups is 1. The molecule has 5 nitrogen and oxygen atoms in total. The Labute approximate surface area is 158 Å². The van der Waals surface area contributed by atoms with Gasteiger partial charge in [-0.1, -0.05) is 18.2 Å². The number of ether oxygens (including phenoxy) is 3. The smallest absolute Gasteiger partial charge is 0.317 e. The van der Waals surface area contributed by atoms with Gasteiger partial charge in [-0.3, -0.25) is 4.79 Å². The number of fused-ring (bicyclic) bond motifs is 1. The molecule has 0 radical (unpaired) electrons. The standard InChI is InChI=1S/C20H22ClNO4/c1-4-26-16-8-6-5-7-14(16)19-15-12-18(25-3)17(24-2)11-13(15)9-10-22(19)20(21)23/h5-8,11-12,19H,4,9-10H2,1-3H3. The summed E-state index contributed by atoms with van der Waals surface area (Å²) in [4.78, 5) is 13.8. The van der Waals surface area contributed by atoms with Gasteiger partial charge in [0.05, 0.1) is 26.9 Å². The molecule has 6 heteroatoms. The van der Waals surface area contributed by atoms with E-state index in [9.17, 15) is 4.79 Å². The molecular formula is C20H22ClNO4. The summed E-state index contributed by atoms with van der Waals surface area (Å²) in [7, 11) is 3.21. The summed E-state index contributed by atoms with van der Waals surface area (Å²) in [5.74, 6) is 2.04. The van der Waals surface area contributed by atoms with Crippen molar-refractivity contribution >= 4 is 17.0 Å². The molecule has 1 heterocycles. The van der Waals surface area contributed by atoms with Crippen molar-refractivity contribution in [3.63, 3.8) is 0 Å². The van der Waals surface area contributed by atoms with Crippen molar-refractivity contribution < 1.29 is 19.0 Å². The van der Waals surface area contributed by atoms with Crippen molar-refractivity contribution in [2.45, 2.75) is 19.4 Å². The maximum Gasteiger partial charge on any atom is 0.317 e. The largest absolute Gasteiger partial charge is 0.494 e. The summed E-state index contributed by atoms with van der Waals surface area (Å²) in [5.41, 5.74) is 2.97. The zero-order valence-electron chi connectivity index (χ0n) is 15.1. The highest BCUT2D eigenvalue weighted by molar-refractivity contribution is 6.62. The predicted octanol–water partition coefficient (Wildman–Crippen LogP) is 4.41. The van der Waals surface area contributed by atoms with Crippen LogP contribution in [0.5, 0.6) is 17.2 Å². The molecule has 1 aliphatic heterocycles. The van der Waals surface area contributed by atoms with Crippen LogP contribution < -0.4 is 14.2 Å². The molecule has 2 aromatic rings. The summed E-state index contributed by atoms with van der Waals surface area (Å²) < 4.78 is 16.7. The average molecular weight is 376 g/mol. The van der Waals surface area contributed by atoms with Crippen LogP contribution >= 0.6 is 11.6 Å². The second-order valence-electron chi connectivity index (χ2n) is 5.98. The van der Waals surface area contributed by atoms with Gasteiger partial charge >= 0.3 is 5.37 Å². The average Bonchev–Trinajstić information content (AvgIpc) is 2.66. The van der Waals surface area contributed by atoms with Crippen molar-refractivity contribution in [3.05, 3.63) is 53.1 Å². The summed E-state index contributed by atoms with van der Waals surface area (Å²) in [6.07, 6.45) is 0.696. The molecule has 0 saturated heterocycles. The second kappa shape index (κ2) is 7.87. The van der Waals surface area contributed by atoms with Crippen molar-refractivity contribution in [1.82, 2.24) is 4.90 Å². The van der Waals surface area contributed by atoms with E-state index in [-0.39, 0.29) is 6.04 Å². The number of para-hydroxylation sites is 1. The Morgan fingerprint density at radius 3 is 2.46 bits per heavy atom. The number of carbonyl (C=O) groups excluding carboxylic acids is 1. The lowest BCUT2D eigenvalue weighted by Gasteiger charge is -2.37. The summed E-state index contributed by atoms with van der Waals surface area (Å²) in [5, 5.41) is -0.485. The SMILES string of the molecule is CCOc1ccccc1C1c2cc(OC)c(OC)cc2CCN1C(=O)Cl. The summed E-state index contributed by atoms with van der Waals surface area (Å²) in [6.45, 7) is 3.00. The van der Waals surface area contributed by atoms with Crippen LogP contribution in [0.3, 0.4) is 0 Å². The number of amides is 1. The second-order valence-corrected chi connectivity index (χ2v) is 6.30. The van der Waals surface area contributed by atoms with Crippen LogP contribution in [0.1, 0.15) is 29.7 Å². The third-order valence-electron chi connectivity index (χ3n) is 4.61. The molecule has 1 unspecified atom stereocenters. The molecule has 2 aromatic carbocycles. The van der Waals surface area contributed by atoms with Crippen LogP contribution in [0, 0.1) is 0 Å². The minimum atomic E-state index is -0.485. The van der Waals surface area contributed by atoms with Crippen LogP contribution in [0.15, 0.2) is 36.4 Å². The van der Waals surface area contributed by atoms with E-state index in [1.165, 1.54) is 0 Å². The molecule has 0 fully saturated rings. The Hall–Kier alpha value is -2.40. The molecule has 0 bridgehead atoms. The predicted molar refractivity (Wildman–Crippen MR) is 101 cm³/mol. The fraction of sp³-hybridized carbons (Fsp3) is 0.350. The molecule has 0 spiro atoms. The highest BCUT2D eigenvalue weighted by Crippen LogP contribution is 2.43. The zero-order chi connectivity index (χ0) is 18.7. The summed E-state index contributed by atoms with van der Waals surface area (Å²) in [6, 6.07) is 11.3. The first-order valence-electron chi connectivity index (χ1n) is 8.53. The van der Waals surface area contributed by atoms with Gasteiger partial charge < -0.3 is 19.1 Å². The van der Waals surface area contributed by atoms with Crippen molar-refractivity contribution in [3.8, 4) is 17.2 Å². The fourth-order valence-corrected chi connectivity index (χ4v) is 3.65. The Morgan fingerprint density at radius 2 is 1.81 bits per heavy atom. The molecule has 138 valence electrons. The van der Waals surface area contributed by atoms with Crippen molar-refractivity contribution in [1.29, 1.82) is 0 Å². The van der Waals surface area contributed by atoms with E-state index in [1.807, 2.05) is 43.3 Å². The van der Waals surface area contributed by atoms with Gasteiger partial charge in [0.1, 0.15) is 5.75 Å². The molecule has 1 aliphatic rings. The highest BCUT2D eigenvalue weighted by Gasteiger charge is 2.34. The quantitative estimate of drug-likeness (QED) is 0.573. The fourth-order valence-electron chi connectivity index (χ4n) is 3.46. The number of halogens is 1. The first-order valence-corrected chi connectivity index (χ1v) is 8.91. The maximum atomic E-state index is 12.1. The van der Waals surface area contributed by atoms with Gasteiger partial charge in [-0.15, -0.1) is 0 Å². The van der Waals surface area contributed by atoms with E-state index in [2.05, 4.69) is 0 Å². The number of rotatable bonds is 5. The van der Waals surface area contributed by atoms with Gasteiger partial charge in [-0.25, -0.2) is 0 Å². The van der Waals surface area contributed by atoms with E-state index in [0.717, 1.165) is 22.4 Å². The minimum Gasteiger partial charge on any atom is -0.494 e. The van der Waals surface area contributed by atoms with Gasteiger partial charge in [-0.05, 0) is 54.3 Å². The van der Waals surface area contributed by atoms with Gasteiger partial charge in [0.25, 0.3) is 0 Å². The van der Waals surface area contributed by atoms with Crippen LogP contribution in [0.25, 0.3) is 0 Å². The number of methoxy groups -OCH3 is 2. The lowest BCUT2D eigenvalue weighted by atomic mass is 9.87. The zero-order valence-corrected chi connectivity index (χ0v) is 15.9. The molecule has 1 amide bonds. The van der Waals surface area contributed by atoms with Gasteiger partial charge in [0.15, 0.2) is 11.5 Å². The first kappa shape index (κ1) is 18.4. The van der Waals surface area contributed by atoms with Gasteiger partial charge in [-0.2, -0.15) is 0 Å². The molecule has 0 saturated carbocycles. The van der Waals surface area contributed by atoms with E-state index in [0.29, 0.717) is 31.1 Å². The van der Waals surface area contributed by atoms with Crippen LogP contribution in [0.4, 0.5) is 4.79 Å². The molecule has 0 aliphatic carbocycles. The third-order valence-corrected chi connectivity index (χ3v) is 4.83. The lowest BCUT2D eigenvalue weighted by molar-refractivity contribution is 0.202. The van der Waals surface area contributed by atoms with Crippen LogP contribution in [-0.2, 0) is 6.42 Å². The Bertz CT molecular complexity index is 808. The summed E-state index contributed by atoms with van der Waals surface area (Å²) >= 11 is 5.92. The van der Waals surface area contributed by atoms with Crippen LogP contribution in [-0.4, -0.2) is 37.6 Å². The highest BCUT2D eigenvalue weighted by atomic mass is 35.5. The van der Waals surface area contributed by atoms with Crippen LogP contribution in [0.2, 0.25) is 0 Å². The van der Waals surface area contributed by atoms with Gasteiger partial charge in [0, 0.05) is 12.1 Å². The van der Waals surface area contributed by atoms with Crippen molar-refractivity contribution in [2.75, 3.05) is 27.4 Å². The lowest BCUT2D eigenvalue weighted by Crippen LogP contribution is -2.38. The minimum absolute atomic E-state index is 0.341. The number of hydrogen-bond donors (Lipinski definition) is 0. The Kier molecular flexibility index (Phi) is 5.57.